The van der Waals surface area contributed by atoms with E-state index in [0.29, 0.717) is 30.2 Å². The molecule has 1 unspecified atom stereocenters. The molecular formula is C25H29FN6O3. The zero-order chi connectivity index (χ0) is 24.9. The second kappa shape index (κ2) is 10.7. The van der Waals surface area contributed by atoms with E-state index in [2.05, 4.69) is 20.5 Å². The molecule has 184 valence electrons. The van der Waals surface area contributed by atoms with E-state index in [-0.39, 0.29) is 36.5 Å². The lowest BCUT2D eigenvalue weighted by molar-refractivity contribution is 0.106. The number of hydrogen-bond acceptors (Lipinski definition) is 7. The number of benzene rings is 2. The van der Waals surface area contributed by atoms with Gasteiger partial charge in [0, 0.05) is 29.6 Å². The summed E-state index contributed by atoms with van der Waals surface area (Å²) in [6.45, 7) is 4.97. The lowest BCUT2D eigenvalue weighted by Crippen LogP contribution is -2.37. The van der Waals surface area contributed by atoms with Gasteiger partial charge in [-0.05, 0) is 58.3 Å². The number of nitrogens with zero attached hydrogens (tertiary/aromatic N) is 5. The van der Waals surface area contributed by atoms with Gasteiger partial charge in [-0.25, -0.2) is 9.07 Å². The van der Waals surface area contributed by atoms with Crippen LogP contribution in [0.5, 0.6) is 5.75 Å². The van der Waals surface area contributed by atoms with Crippen LogP contribution in [0.4, 0.5) is 4.39 Å². The van der Waals surface area contributed by atoms with Crippen molar-refractivity contribution >= 4 is 10.9 Å². The first-order valence-corrected chi connectivity index (χ1v) is 11.4. The maximum Gasteiger partial charge on any atom is 0.252 e. The number of halogens is 1. The van der Waals surface area contributed by atoms with Crippen molar-refractivity contribution < 1.29 is 14.2 Å². The molecule has 10 heteroatoms. The number of methoxy groups -OCH3 is 1. The molecule has 2 aromatic heterocycles. The summed E-state index contributed by atoms with van der Waals surface area (Å²) in [4.78, 5) is 17.8. The van der Waals surface area contributed by atoms with Crippen LogP contribution in [-0.4, -0.2) is 55.5 Å². The SMILES string of the molecule is COc1ccc2[nH]c(=O)c(CN(CCO)C(c3nnnn3Cc3ccc(F)cc3)C(C)C)cc2c1. The molecule has 0 aliphatic heterocycles. The molecule has 2 heterocycles. The van der Waals surface area contributed by atoms with Crippen LogP contribution < -0.4 is 10.3 Å². The number of pyridine rings is 1. The second-order valence-electron chi connectivity index (χ2n) is 8.78. The van der Waals surface area contributed by atoms with Gasteiger partial charge in [-0.3, -0.25) is 9.69 Å². The number of tetrazole rings is 1. The van der Waals surface area contributed by atoms with Crippen molar-refractivity contribution in [3.8, 4) is 5.75 Å². The van der Waals surface area contributed by atoms with Crippen LogP contribution in [0.2, 0.25) is 0 Å². The first-order valence-electron chi connectivity index (χ1n) is 11.4. The monoisotopic (exact) mass is 480 g/mol. The topological polar surface area (TPSA) is 109 Å². The minimum absolute atomic E-state index is 0.0687. The first-order chi connectivity index (χ1) is 16.9. The largest absolute Gasteiger partial charge is 0.497 e. The highest BCUT2D eigenvalue weighted by Gasteiger charge is 2.29. The fraction of sp³-hybridized carbons (Fsp3) is 0.360. The molecule has 1 atom stereocenters. The Bertz CT molecular complexity index is 1340. The zero-order valence-corrected chi connectivity index (χ0v) is 20.0. The molecule has 0 saturated heterocycles. The number of H-pyrrole nitrogens is 1. The smallest absolute Gasteiger partial charge is 0.252 e. The number of nitrogens with one attached hydrogen (secondary N) is 1. The molecule has 0 bridgehead atoms. The van der Waals surface area contributed by atoms with Crippen molar-refractivity contribution in [3.63, 3.8) is 0 Å². The van der Waals surface area contributed by atoms with Crippen LogP contribution in [-0.2, 0) is 13.1 Å². The third-order valence-electron chi connectivity index (χ3n) is 5.98. The third-order valence-corrected chi connectivity index (χ3v) is 5.98. The van der Waals surface area contributed by atoms with Crippen molar-refractivity contribution in [1.82, 2.24) is 30.1 Å². The second-order valence-corrected chi connectivity index (χ2v) is 8.78. The summed E-state index contributed by atoms with van der Waals surface area (Å²) in [5.74, 6) is 1.07. The van der Waals surface area contributed by atoms with E-state index < -0.39 is 0 Å². The van der Waals surface area contributed by atoms with Crippen molar-refractivity contribution in [2.75, 3.05) is 20.3 Å². The third kappa shape index (κ3) is 5.55. The van der Waals surface area contributed by atoms with E-state index in [0.717, 1.165) is 16.5 Å². The summed E-state index contributed by atoms with van der Waals surface area (Å²) in [7, 11) is 1.60. The summed E-state index contributed by atoms with van der Waals surface area (Å²) in [5, 5.41) is 23.0. The number of aliphatic hydroxyl groups excluding tert-OH is 1. The number of hydrogen-bond donors (Lipinski definition) is 2. The van der Waals surface area contributed by atoms with E-state index in [9.17, 15) is 14.3 Å². The Morgan fingerprint density at radius 3 is 2.63 bits per heavy atom. The van der Waals surface area contributed by atoms with Gasteiger partial charge < -0.3 is 14.8 Å². The molecule has 0 fully saturated rings. The van der Waals surface area contributed by atoms with Crippen LogP contribution in [0.3, 0.4) is 0 Å². The van der Waals surface area contributed by atoms with E-state index in [1.807, 2.05) is 36.9 Å². The fourth-order valence-electron chi connectivity index (χ4n) is 4.32. The Kier molecular flexibility index (Phi) is 7.52. The van der Waals surface area contributed by atoms with Crippen LogP contribution in [0.25, 0.3) is 10.9 Å². The van der Waals surface area contributed by atoms with Gasteiger partial charge in [0.15, 0.2) is 5.82 Å². The number of aliphatic hydroxyl groups is 1. The molecule has 0 radical (unpaired) electrons. The highest BCUT2D eigenvalue weighted by Crippen LogP contribution is 2.29. The summed E-state index contributed by atoms with van der Waals surface area (Å²) in [6.07, 6.45) is 0. The van der Waals surface area contributed by atoms with Gasteiger partial charge in [0.2, 0.25) is 0 Å². The Hall–Kier alpha value is -3.63. The van der Waals surface area contributed by atoms with Crippen LogP contribution in [0.15, 0.2) is 53.3 Å². The highest BCUT2D eigenvalue weighted by atomic mass is 19.1. The Morgan fingerprint density at radius 1 is 1.17 bits per heavy atom. The Morgan fingerprint density at radius 2 is 1.94 bits per heavy atom. The highest BCUT2D eigenvalue weighted by molar-refractivity contribution is 5.80. The Labute approximate surface area is 202 Å². The van der Waals surface area contributed by atoms with Crippen molar-refractivity contribution in [3.05, 3.63) is 81.7 Å². The molecule has 0 spiro atoms. The number of rotatable bonds is 10. The van der Waals surface area contributed by atoms with Crippen LogP contribution in [0.1, 0.15) is 36.8 Å². The number of ether oxygens (including phenoxy) is 1. The molecule has 4 rings (SSSR count). The number of fused-ring (bicyclic) bond motifs is 1. The Balaban J connectivity index is 1.68. The fourth-order valence-corrected chi connectivity index (χ4v) is 4.32. The molecule has 0 aliphatic rings. The zero-order valence-electron chi connectivity index (χ0n) is 20.0. The van der Waals surface area contributed by atoms with Crippen LogP contribution in [0, 0.1) is 11.7 Å². The van der Waals surface area contributed by atoms with Crippen molar-refractivity contribution in [1.29, 1.82) is 0 Å². The minimum atomic E-state index is -0.307. The summed E-state index contributed by atoms with van der Waals surface area (Å²) in [6, 6.07) is 13.2. The van der Waals surface area contributed by atoms with E-state index in [1.165, 1.54) is 12.1 Å². The number of aromatic amines is 1. The molecule has 4 aromatic rings. The molecule has 0 amide bonds. The van der Waals surface area contributed by atoms with Gasteiger partial charge in [-0.2, -0.15) is 0 Å². The standard InChI is InChI=1S/C25H29FN6O3/c1-16(2)23(24-28-29-30-32(24)14-17-4-6-20(26)7-5-17)31(10-11-33)15-19-12-18-13-21(35-3)8-9-22(18)27-25(19)34/h4-9,12-13,16,23,33H,10-11,14-15H2,1-3H3,(H,27,34). The first kappa shape index (κ1) is 24.5. The maximum atomic E-state index is 13.3. The maximum absolute atomic E-state index is 13.3. The average molecular weight is 481 g/mol. The van der Waals surface area contributed by atoms with Crippen molar-refractivity contribution in [2.24, 2.45) is 5.92 Å². The molecular weight excluding hydrogens is 451 g/mol. The van der Waals surface area contributed by atoms with Gasteiger partial charge in [0.05, 0.1) is 26.3 Å². The van der Waals surface area contributed by atoms with Gasteiger partial charge in [0.25, 0.3) is 5.56 Å². The minimum Gasteiger partial charge on any atom is -0.497 e. The van der Waals surface area contributed by atoms with Gasteiger partial charge >= 0.3 is 0 Å². The summed E-state index contributed by atoms with van der Waals surface area (Å²) < 4.78 is 20.3. The molecule has 9 nitrogen and oxygen atoms in total. The molecule has 2 aromatic carbocycles. The normalized spacial score (nSPS) is 12.5. The lowest BCUT2D eigenvalue weighted by atomic mass is 10.00. The van der Waals surface area contributed by atoms with Gasteiger partial charge in [-0.1, -0.05) is 26.0 Å². The number of aromatic nitrogens is 5. The summed E-state index contributed by atoms with van der Waals surface area (Å²) >= 11 is 0. The molecule has 0 saturated carbocycles. The molecule has 0 aliphatic carbocycles. The molecule has 2 N–H and O–H groups in total. The average Bonchev–Trinajstić information content (AvgIpc) is 3.28. The lowest BCUT2D eigenvalue weighted by Gasteiger charge is -2.33. The quantitative estimate of drug-likeness (QED) is 0.359. The van der Waals surface area contributed by atoms with Gasteiger partial charge in [0.1, 0.15) is 11.6 Å². The predicted molar refractivity (Wildman–Crippen MR) is 130 cm³/mol. The predicted octanol–water partition coefficient (Wildman–Crippen LogP) is 2.90. The van der Waals surface area contributed by atoms with Crippen molar-refractivity contribution in [2.45, 2.75) is 33.0 Å². The summed E-state index contributed by atoms with van der Waals surface area (Å²) in [5.41, 5.74) is 1.94. The van der Waals surface area contributed by atoms with E-state index in [4.69, 9.17) is 4.74 Å². The van der Waals surface area contributed by atoms with E-state index in [1.54, 1.807) is 30.0 Å². The van der Waals surface area contributed by atoms with E-state index >= 15 is 0 Å². The van der Waals surface area contributed by atoms with Gasteiger partial charge in [-0.15, -0.1) is 5.10 Å². The van der Waals surface area contributed by atoms with Crippen LogP contribution >= 0.6 is 0 Å². The molecule has 35 heavy (non-hydrogen) atoms.